The molecule has 1 N–H and O–H groups in total. The first-order valence-corrected chi connectivity index (χ1v) is 6.31. The van der Waals surface area contributed by atoms with Gasteiger partial charge in [-0.1, -0.05) is 13.0 Å². The van der Waals surface area contributed by atoms with Crippen LogP contribution in [0.25, 0.3) is 0 Å². The molecule has 0 saturated carbocycles. The van der Waals surface area contributed by atoms with Crippen molar-refractivity contribution < 1.29 is 14.2 Å². The third-order valence-electron chi connectivity index (χ3n) is 2.56. The molecule has 0 aliphatic heterocycles. The number of rotatable bonds is 9. The van der Waals surface area contributed by atoms with E-state index in [1.54, 1.807) is 14.2 Å². The SMILES string of the molecule is CCNCc1ccc(OCCCOC)c(OC)c1. The number of hydrogen-bond acceptors (Lipinski definition) is 4. The standard InChI is InChI=1S/C14H23NO3/c1-4-15-11-12-6-7-13(14(10-12)17-3)18-9-5-8-16-2/h6-7,10,15H,4-5,8-9,11H2,1-3H3. The summed E-state index contributed by atoms with van der Waals surface area (Å²) in [6, 6.07) is 6.02. The van der Waals surface area contributed by atoms with Gasteiger partial charge in [0.25, 0.3) is 0 Å². The van der Waals surface area contributed by atoms with Gasteiger partial charge in [-0.25, -0.2) is 0 Å². The van der Waals surface area contributed by atoms with Gasteiger partial charge in [-0.15, -0.1) is 0 Å². The van der Waals surface area contributed by atoms with Gasteiger partial charge in [0.2, 0.25) is 0 Å². The second kappa shape index (κ2) is 8.78. The molecule has 4 nitrogen and oxygen atoms in total. The Morgan fingerprint density at radius 1 is 1.11 bits per heavy atom. The van der Waals surface area contributed by atoms with Gasteiger partial charge in [0.05, 0.1) is 13.7 Å². The number of ether oxygens (including phenoxy) is 3. The van der Waals surface area contributed by atoms with Crippen LogP contribution >= 0.6 is 0 Å². The maximum atomic E-state index is 5.66. The lowest BCUT2D eigenvalue weighted by atomic mass is 10.2. The summed E-state index contributed by atoms with van der Waals surface area (Å²) in [4.78, 5) is 0. The fraction of sp³-hybridized carbons (Fsp3) is 0.571. The summed E-state index contributed by atoms with van der Waals surface area (Å²) in [7, 11) is 3.35. The fourth-order valence-electron chi connectivity index (χ4n) is 1.60. The van der Waals surface area contributed by atoms with Crippen LogP contribution in [-0.2, 0) is 11.3 Å². The quantitative estimate of drug-likeness (QED) is 0.685. The van der Waals surface area contributed by atoms with Crippen LogP contribution in [0.3, 0.4) is 0 Å². The van der Waals surface area contributed by atoms with E-state index in [-0.39, 0.29) is 0 Å². The molecule has 0 atom stereocenters. The fourth-order valence-corrected chi connectivity index (χ4v) is 1.60. The van der Waals surface area contributed by atoms with E-state index in [9.17, 15) is 0 Å². The lowest BCUT2D eigenvalue weighted by Gasteiger charge is -2.12. The molecule has 0 aliphatic carbocycles. The molecule has 0 unspecified atom stereocenters. The van der Waals surface area contributed by atoms with E-state index in [0.717, 1.165) is 31.0 Å². The van der Waals surface area contributed by atoms with Crippen LogP contribution in [-0.4, -0.2) is 34.0 Å². The molecule has 0 spiro atoms. The maximum Gasteiger partial charge on any atom is 0.161 e. The van der Waals surface area contributed by atoms with E-state index in [2.05, 4.69) is 18.3 Å². The summed E-state index contributed by atoms with van der Waals surface area (Å²) in [5, 5.41) is 3.28. The summed E-state index contributed by atoms with van der Waals surface area (Å²) in [5.74, 6) is 1.57. The van der Waals surface area contributed by atoms with Crippen LogP contribution in [0.15, 0.2) is 18.2 Å². The molecule has 0 heterocycles. The van der Waals surface area contributed by atoms with Crippen molar-refractivity contribution in [2.45, 2.75) is 19.9 Å². The van der Waals surface area contributed by atoms with E-state index in [4.69, 9.17) is 14.2 Å². The zero-order valence-corrected chi connectivity index (χ0v) is 11.5. The molecule has 1 aromatic rings. The van der Waals surface area contributed by atoms with Gasteiger partial charge in [0.1, 0.15) is 0 Å². The molecule has 102 valence electrons. The molecular weight excluding hydrogens is 230 g/mol. The van der Waals surface area contributed by atoms with E-state index in [1.807, 2.05) is 12.1 Å². The van der Waals surface area contributed by atoms with Gasteiger partial charge in [-0.05, 0) is 24.2 Å². The van der Waals surface area contributed by atoms with Crippen molar-refractivity contribution >= 4 is 0 Å². The minimum Gasteiger partial charge on any atom is -0.493 e. The van der Waals surface area contributed by atoms with Crippen molar-refractivity contribution in [2.75, 3.05) is 34.0 Å². The Kier molecular flexibility index (Phi) is 7.22. The topological polar surface area (TPSA) is 39.7 Å². The van der Waals surface area contributed by atoms with Crippen molar-refractivity contribution in [2.24, 2.45) is 0 Å². The third kappa shape index (κ3) is 4.94. The Hall–Kier alpha value is -1.26. The molecule has 0 saturated heterocycles. The third-order valence-corrected chi connectivity index (χ3v) is 2.56. The highest BCUT2D eigenvalue weighted by Gasteiger charge is 2.05. The van der Waals surface area contributed by atoms with E-state index in [0.29, 0.717) is 13.2 Å². The number of benzene rings is 1. The summed E-state index contributed by atoms with van der Waals surface area (Å²) in [6.07, 6.45) is 0.874. The maximum absolute atomic E-state index is 5.66. The molecule has 0 radical (unpaired) electrons. The highest BCUT2D eigenvalue weighted by Crippen LogP contribution is 2.28. The second-order valence-corrected chi connectivity index (χ2v) is 3.96. The zero-order chi connectivity index (χ0) is 13.2. The second-order valence-electron chi connectivity index (χ2n) is 3.96. The van der Waals surface area contributed by atoms with Gasteiger partial charge in [0.15, 0.2) is 11.5 Å². The van der Waals surface area contributed by atoms with Crippen LogP contribution in [0, 0.1) is 0 Å². The van der Waals surface area contributed by atoms with Crippen molar-refractivity contribution in [1.82, 2.24) is 5.32 Å². The first-order chi connectivity index (χ1) is 8.81. The smallest absolute Gasteiger partial charge is 0.161 e. The minimum absolute atomic E-state index is 0.636. The van der Waals surface area contributed by atoms with Gasteiger partial charge in [-0.3, -0.25) is 0 Å². The molecule has 1 aromatic carbocycles. The molecule has 0 fully saturated rings. The molecule has 18 heavy (non-hydrogen) atoms. The van der Waals surface area contributed by atoms with Crippen LogP contribution in [0.2, 0.25) is 0 Å². The lowest BCUT2D eigenvalue weighted by Crippen LogP contribution is -2.11. The molecule has 0 bridgehead atoms. The summed E-state index contributed by atoms with van der Waals surface area (Å²) < 4.78 is 16.0. The molecule has 1 rings (SSSR count). The van der Waals surface area contributed by atoms with Crippen molar-refractivity contribution in [3.05, 3.63) is 23.8 Å². The summed E-state index contributed by atoms with van der Waals surface area (Å²) in [5.41, 5.74) is 1.19. The molecule has 4 heteroatoms. The highest BCUT2D eigenvalue weighted by atomic mass is 16.5. The Bertz CT molecular complexity index is 342. The molecular formula is C14H23NO3. The van der Waals surface area contributed by atoms with Gasteiger partial charge < -0.3 is 19.5 Å². The Morgan fingerprint density at radius 2 is 1.94 bits per heavy atom. The van der Waals surface area contributed by atoms with Gasteiger partial charge >= 0.3 is 0 Å². The van der Waals surface area contributed by atoms with E-state index in [1.165, 1.54) is 5.56 Å². The first-order valence-electron chi connectivity index (χ1n) is 6.31. The number of hydrogen-bond donors (Lipinski definition) is 1. The Balaban J connectivity index is 2.56. The minimum atomic E-state index is 0.636. The number of nitrogens with one attached hydrogen (secondary N) is 1. The Morgan fingerprint density at radius 3 is 2.61 bits per heavy atom. The van der Waals surface area contributed by atoms with Gasteiger partial charge in [0, 0.05) is 26.7 Å². The molecule has 0 aromatic heterocycles. The normalized spacial score (nSPS) is 10.4. The van der Waals surface area contributed by atoms with E-state index < -0.39 is 0 Å². The first kappa shape index (κ1) is 14.8. The highest BCUT2D eigenvalue weighted by molar-refractivity contribution is 5.42. The van der Waals surface area contributed by atoms with Crippen molar-refractivity contribution in [3.8, 4) is 11.5 Å². The zero-order valence-electron chi connectivity index (χ0n) is 11.5. The van der Waals surface area contributed by atoms with Gasteiger partial charge in [-0.2, -0.15) is 0 Å². The van der Waals surface area contributed by atoms with E-state index >= 15 is 0 Å². The lowest BCUT2D eigenvalue weighted by molar-refractivity contribution is 0.170. The summed E-state index contributed by atoms with van der Waals surface area (Å²) in [6.45, 7) is 5.23. The van der Waals surface area contributed by atoms with Crippen LogP contribution in [0.4, 0.5) is 0 Å². The molecule has 0 aliphatic rings. The van der Waals surface area contributed by atoms with Crippen LogP contribution < -0.4 is 14.8 Å². The number of methoxy groups -OCH3 is 2. The predicted molar refractivity (Wildman–Crippen MR) is 72.4 cm³/mol. The summed E-state index contributed by atoms with van der Waals surface area (Å²) >= 11 is 0. The average Bonchev–Trinajstić information content (AvgIpc) is 2.42. The largest absolute Gasteiger partial charge is 0.493 e. The monoisotopic (exact) mass is 253 g/mol. The average molecular weight is 253 g/mol. The van der Waals surface area contributed by atoms with Crippen LogP contribution in [0.5, 0.6) is 11.5 Å². The predicted octanol–water partition coefficient (Wildman–Crippen LogP) is 2.22. The van der Waals surface area contributed by atoms with Crippen molar-refractivity contribution in [1.29, 1.82) is 0 Å². The molecule has 0 amide bonds. The van der Waals surface area contributed by atoms with Crippen LogP contribution in [0.1, 0.15) is 18.9 Å². The Labute approximate surface area is 109 Å². The van der Waals surface area contributed by atoms with Crippen molar-refractivity contribution in [3.63, 3.8) is 0 Å².